The average Bonchev–Trinajstić information content (AvgIpc) is 2.74. The van der Waals surface area contributed by atoms with Crippen LogP contribution in [0.5, 0.6) is 0 Å². The highest BCUT2D eigenvalue weighted by molar-refractivity contribution is 5.95. The van der Waals surface area contributed by atoms with E-state index in [1.165, 1.54) is 0 Å². The largest absolute Gasteiger partial charge is 0.378 e. The molecule has 0 bridgehead atoms. The molecule has 28 heavy (non-hydrogen) atoms. The number of pyridine rings is 1. The van der Waals surface area contributed by atoms with Crippen molar-refractivity contribution in [2.75, 3.05) is 51.3 Å². The van der Waals surface area contributed by atoms with Crippen LogP contribution in [-0.2, 0) is 9.53 Å². The summed E-state index contributed by atoms with van der Waals surface area (Å²) in [4.78, 5) is 36.7. The van der Waals surface area contributed by atoms with Gasteiger partial charge >= 0.3 is 0 Å². The van der Waals surface area contributed by atoms with Crippen molar-refractivity contribution in [3.05, 3.63) is 23.9 Å². The maximum atomic E-state index is 13.2. The van der Waals surface area contributed by atoms with Crippen LogP contribution in [0.2, 0.25) is 0 Å². The van der Waals surface area contributed by atoms with Crippen LogP contribution in [0.1, 0.15) is 43.0 Å². The maximum Gasteiger partial charge on any atom is 0.255 e. The SMILES string of the molecule is C[C@H]1N(C(=O)c2ccc(N3CCOCC3)nc2)CCC[C@@]12CCCN(C)C2=O. The number of piperidine rings is 2. The number of ether oxygens (including phenoxy) is 1. The lowest BCUT2D eigenvalue weighted by molar-refractivity contribution is -0.152. The smallest absolute Gasteiger partial charge is 0.255 e. The number of carbonyl (C=O) groups is 2. The minimum atomic E-state index is -0.428. The van der Waals surface area contributed by atoms with Crippen molar-refractivity contribution in [3.63, 3.8) is 0 Å². The van der Waals surface area contributed by atoms with Crippen LogP contribution in [0, 0.1) is 5.41 Å². The molecule has 7 heteroatoms. The molecule has 3 aliphatic rings. The number of rotatable bonds is 2. The predicted molar refractivity (Wildman–Crippen MR) is 106 cm³/mol. The fourth-order valence-corrected chi connectivity index (χ4v) is 5.04. The number of nitrogens with zero attached hydrogens (tertiary/aromatic N) is 4. The molecule has 0 unspecified atom stereocenters. The van der Waals surface area contributed by atoms with Crippen molar-refractivity contribution >= 4 is 17.6 Å². The van der Waals surface area contributed by atoms with Crippen molar-refractivity contribution in [1.29, 1.82) is 0 Å². The molecule has 0 saturated carbocycles. The fourth-order valence-electron chi connectivity index (χ4n) is 5.04. The van der Waals surface area contributed by atoms with Crippen molar-refractivity contribution in [2.24, 2.45) is 5.41 Å². The van der Waals surface area contributed by atoms with Gasteiger partial charge in [0.25, 0.3) is 5.91 Å². The molecule has 1 spiro atoms. The number of amides is 2. The number of hydrogen-bond acceptors (Lipinski definition) is 5. The Balaban J connectivity index is 1.51. The second-order valence-electron chi connectivity index (χ2n) is 8.27. The third-order valence-corrected chi connectivity index (χ3v) is 6.77. The van der Waals surface area contributed by atoms with Crippen LogP contribution in [0.15, 0.2) is 18.3 Å². The van der Waals surface area contributed by atoms with E-state index >= 15 is 0 Å². The first-order valence-electron chi connectivity index (χ1n) is 10.4. The molecule has 0 radical (unpaired) electrons. The third-order valence-electron chi connectivity index (χ3n) is 6.77. The second kappa shape index (κ2) is 7.70. The molecular weight excluding hydrogens is 356 g/mol. The second-order valence-corrected chi connectivity index (χ2v) is 8.27. The summed E-state index contributed by atoms with van der Waals surface area (Å²) < 4.78 is 5.38. The number of morpholine rings is 1. The van der Waals surface area contributed by atoms with Gasteiger partial charge in [0.2, 0.25) is 5.91 Å². The fraction of sp³-hybridized carbons (Fsp3) is 0.667. The first-order chi connectivity index (χ1) is 13.5. The molecule has 2 atom stereocenters. The zero-order valence-electron chi connectivity index (χ0n) is 16.9. The Morgan fingerprint density at radius 3 is 2.54 bits per heavy atom. The average molecular weight is 386 g/mol. The van der Waals surface area contributed by atoms with E-state index in [9.17, 15) is 9.59 Å². The van der Waals surface area contributed by atoms with E-state index in [1.807, 2.05) is 35.9 Å². The van der Waals surface area contributed by atoms with E-state index < -0.39 is 5.41 Å². The van der Waals surface area contributed by atoms with Gasteiger partial charge in [0.1, 0.15) is 5.82 Å². The third kappa shape index (κ3) is 3.26. The van der Waals surface area contributed by atoms with Crippen molar-refractivity contribution in [2.45, 2.75) is 38.6 Å². The van der Waals surface area contributed by atoms with E-state index in [4.69, 9.17) is 4.74 Å². The van der Waals surface area contributed by atoms with E-state index in [0.717, 1.165) is 51.1 Å². The quantitative estimate of drug-likeness (QED) is 0.775. The molecule has 1 aromatic rings. The first kappa shape index (κ1) is 19.2. The summed E-state index contributed by atoms with van der Waals surface area (Å²) >= 11 is 0. The highest BCUT2D eigenvalue weighted by Crippen LogP contribution is 2.44. The van der Waals surface area contributed by atoms with Crippen molar-refractivity contribution in [1.82, 2.24) is 14.8 Å². The lowest BCUT2D eigenvalue weighted by atomic mass is 9.68. The molecule has 0 aliphatic carbocycles. The van der Waals surface area contributed by atoms with Gasteiger partial charge in [-0.15, -0.1) is 0 Å². The van der Waals surface area contributed by atoms with E-state index in [2.05, 4.69) is 9.88 Å². The van der Waals surface area contributed by atoms with Crippen LogP contribution >= 0.6 is 0 Å². The monoisotopic (exact) mass is 386 g/mol. The molecule has 4 rings (SSSR count). The molecule has 4 heterocycles. The van der Waals surface area contributed by atoms with Gasteiger partial charge in [-0.05, 0) is 44.7 Å². The highest BCUT2D eigenvalue weighted by atomic mass is 16.5. The Kier molecular flexibility index (Phi) is 5.27. The normalized spacial score (nSPS) is 28.7. The number of carbonyl (C=O) groups excluding carboxylic acids is 2. The summed E-state index contributed by atoms with van der Waals surface area (Å²) in [5.41, 5.74) is 0.166. The van der Waals surface area contributed by atoms with Gasteiger partial charge in [-0.2, -0.15) is 0 Å². The zero-order valence-corrected chi connectivity index (χ0v) is 16.9. The number of likely N-dealkylation sites (tertiary alicyclic amines) is 2. The lowest BCUT2D eigenvalue weighted by Gasteiger charge is -2.51. The first-order valence-corrected chi connectivity index (χ1v) is 10.4. The van der Waals surface area contributed by atoms with Gasteiger partial charge in [-0.3, -0.25) is 9.59 Å². The van der Waals surface area contributed by atoms with Crippen molar-refractivity contribution in [3.8, 4) is 0 Å². The van der Waals surface area contributed by atoms with Crippen molar-refractivity contribution < 1.29 is 14.3 Å². The van der Waals surface area contributed by atoms with Crippen LogP contribution < -0.4 is 4.90 Å². The summed E-state index contributed by atoms with van der Waals surface area (Å²) in [6, 6.07) is 3.69. The minimum Gasteiger partial charge on any atom is -0.378 e. The van der Waals surface area contributed by atoms with E-state index in [1.54, 1.807) is 6.20 Å². The number of hydrogen-bond donors (Lipinski definition) is 0. The van der Waals surface area contributed by atoms with Gasteiger partial charge in [-0.1, -0.05) is 0 Å². The topological polar surface area (TPSA) is 66.0 Å². The Labute approximate surface area is 166 Å². The van der Waals surface area contributed by atoms with E-state index in [0.29, 0.717) is 25.3 Å². The summed E-state index contributed by atoms with van der Waals surface area (Å²) in [6.45, 7) is 6.61. The van der Waals surface area contributed by atoms with Crippen LogP contribution in [0.3, 0.4) is 0 Å². The predicted octanol–water partition coefficient (Wildman–Crippen LogP) is 1.78. The molecule has 3 fully saturated rings. The Morgan fingerprint density at radius 2 is 1.86 bits per heavy atom. The Morgan fingerprint density at radius 1 is 1.14 bits per heavy atom. The Hall–Kier alpha value is -2.15. The minimum absolute atomic E-state index is 0.0198. The maximum absolute atomic E-state index is 13.2. The standard InChI is InChI=1S/C21H30N4O3/c1-16-21(7-3-9-23(2)20(21)27)8-4-10-25(16)19(26)17-5-6-18(22-15-17)24-11-13-28-14-12-24/h5-6,15-16H,3-4,7-14H2,1-2H3/t16-,21+/m1/s1. The van der Waals surface area contributed by atoms with Gasteiger partial charge in [0.15, 0.2) is 0 Å². The van der Waals surface area contributed by atoms with Gasteiger partial charge < -0.3 is 19.4 Å². The summed E-state index contributed by atoms with van der Waals surface area (Å²) in [7, 11) is 1.88. The molecule has 3 saturated heterocycles. The van der Waals surface area contributed by atoms with E-state index in [-0.39, 0.29) is 17.9 Å². The molecule has 1 aromatic heterocycles. The molecule has 2 amide bonds. The van der Waals surface area contributed by atoms with Gasteiger partial charge in [0, 0.05) is 45.5 Å². The van der Waals surface area contributed by atoms with Gasteiger partial charge in [-0.25, -0.2) is 4.98 Å². The number of anilines is 1. The highest BCUT2D eigenvalue weighted by Gasteiger charge is 2.51. The van der Waals surface area contributed by atoms with Crippen LogP contribution in [0.4, 0.5) is 5.82 Å². The molecule has 152 valence electrons. The molecule has 0 N–H and O–H groups in total. The zero-order chi connectivity index (χ0) is 19.7. The summed E-state index contributed by atoms with van der Waals surface area (Å²) in [6.07, 6.45) is 5.29. The van der Waals surface area contributed by atoms with Gasteiger partial charge in [0.05, 0.1) is 24.2 Å². The number of aromatic nitrogens is 1. The molecular formula is C21H30N4O3. The van der Waals surface area contributed by atoms with Crippen LogP contribution in [-0.4, -0.2) is 79.1 Å². The molecule has 7 nitrogen and oxygen atoms in total. The lowest BCUT2D eigenvalue weighted by Crippen LogP contribution is -2.61. The molecule has 3 aliphatic heterocycles. The molecule has 0 aromatic carbocycles. The summed E-state index contributed by atoms with van der Waals surface area (Å²) in [5, 5.41) is 0. The summed E-state index contributed by atoms with van der Waals surface area (Å²) in [5.74, 6) is 1.06. The van der Waals surface area contributed by atoms with Crippen LogP contribution in [0.25, 0.3) is 0 Å². The Bertz CT molecular complexity index is 728.